The fourth-order valence-corrected chi connectivity index (χ4v) is 1.50. The highest BCUT2D eigenvalue weighted by Gasteiger charge is 2.18. The van der Waals surface area contributed by atoms with Gasteiger partial charge in [-0.05, 0) is 26.3 Å². The Morgan fingerprint density at radius 3 is 2.91 bits per heavy atom. The second-order valence-electron chi connectivity index (χ2n) is 3.14. The van der Waals surface area contributed by atoms with Crippen LogP contribution in [0.3, 0.4) is 0 Å². The van der Waals surface area contributed by atoms with Gasteiger partial charge in [0, 0.05) is 13.6 Å². The first-order valence-electron chi connectivity index (χ1n) is 4.22. The highest BCUT2D eigenvalue weighted by molar-refractivity contribution is 5.84. The van der Waals surface area contributed by atoms with E-state index in [-0.39, 0.29) is 6.04 Å². The molecule has 1 heterocycles. The number of hydrogen-bond acceptors (Lipinski definition) is 2. The summed E-state index contributed by atoms with van der Waals surface area (Å²) in [5.41, 5.74) is 0. The topological polar surface area (TPSA) is 39.1 Å². The average molecular weight is 155 g/mol. The second kappa shape index (κ2) is 3.72. The van der Waals surface area contributed by atoms with E-state index in [1.165, 1.54) is 12.8 Å². The molecule has 11 heavy (non-hydrogen) atoms. The van der Waals surface area contributed by atoms with Crippen LogP contribution >= 0.6 is 0 Å². The third kappa shape index (κ3) is 1.93. The van der Waals surface area contributed by atoms with Gasteiger partial charge in [0.05, 0.1) is 6.04 Å². The fraction of sp³-hybridized carbons (Fsp3) is 0.875. The van der Waals surface area contributed by atoms with Gasteiger partial charge >= 0.3 is 0 Å². The lowest BCUT2D eigenvalue weighted by Gasteiger charge is -2.22. The van der Waals surface area contributed by atoms with E-state index in [1.807, 2.05) is 19.0 Å². The molecule has 0 saturated carbocycles. The first-order chi connectivity index (χ1) is 5.25. The molecule has 1 fully saturated rings. The number of likely N-dealkylation sites (tertiary alicyclic amines) is 1. The summed E-state index contributed by atoms with van der Waals surface area (Å²) in [6, 6.07) is 0.280. The van der Waals surface area contributed by atoms with Crippen molar-refractivity contribution in [1.82, 2.24) is 10.2 Å². The van der Waals surface area contributed by atoms with E-state index < -0.39 is 0 Å². The van der Waals surface area contributed by atoms with E-state index in [1.54, 1.807) is 0 Å². The number of rotatable bonds is 1. The van der Waals surface area contributed by atoms with Crippen LogP contribution < -0.4 is 5.32 Å². The Morgan fingerprint density at radius 1 is 1.55 bits per heavy atom. The van der Waals surface area contributed by atoms with E-state index in [0.29, 0.717) is 0 Å². The molecule has 1 aliphatic heterocycles. The van der Waals surface area contributed by atoms with E-state index in [4.69, 9.17) is 5.41 Å². The highest BCUT2D eigenvalue weighted by atomic mass is 15.2. The van der Waals surface area contributed by atoms with Crippen LogP contribution in [0, 0.1) is 5.41 Å². The largest absolute Gasteiger partial charge is 0.362 e. The minimum absolute atomic E-state index is 0.280. The zero-order valence-corrected chi connectivity index (χ0v) is 7.35. The molecule has 0 aromatic rings. The zero-order valence-electron chi connectivity index (χ0n) is 7.35. The van der Waals surface area contributed by atoms with Crippen molar-refractivity contribution in [2.45, 2.75) is 25.3 Å². The lowest BCUT2D eigenvalue weighted by Crippen LogP contribution is -2.41. The van der Waals surface area contributed by atoms with Crippen LogP contribution in [0.5, 0.6) is 0 Å². The van der Waals surface area contributed by atoms with Gasteiger partial charge in [-0.1, -0.05) is 0 Å². The molecular weight excluding hydrogens is 138 g/mol. The highest BCUT2D eigenvalue weighted by Crippen LogP contribution is 2.09. The Hall–Kier alpha value is -0.570. The molecule has 0 radical (unpaired) electrons. The van der Waals surface area contributed by atoms with E-state index in [9.17, 15) is 0 Å². The minimum atomic E-state index is 0.280. The molecule has 3 nitrogen and oxygen atoms in total. The number of likely N-dealkylation sites (N-methyl/N-ethyl adjacent to an activating group) is 2. The molecule has 3 heteroatoms. The van der Waals surface area contributed by atoms with Crippen LogP contribution in [-0.4, -0.2) is 37.4 Å². The normalized spacial score (nSPS) is 26.9. The molecule has 1 aliphatic rings. The van der Waals surface area contributed by atoms with Crippen molar-refractivity contribution in [2.75, 3.05) is 20.6 Å². The molecular formula is C8H17N3. The fourth-order valence-electron chi connectivity index (χ4n) is 1.50. The van der Waals surface area contributed by atoms with E-state index >= 15 is 0 Å². The summed E-state index contributed by atoms with van der Waals surface area (Å²) in [4.78, 5) is 2.04. The zero-order chi connectivity index (χ0) is 8.27. The molecule has 1 unspecified atom stereocenters. The summed E-state index contributed by atoms with van der Waals surface area (Å²) in [5.74, 6) is 0.741. The standard InChI is InChI=1S/C8H17N3/c1-10-7-5-3-4-6-11(2)8(7)9/h7,9-10H,3-6H2,1-2H3. The molecule has 0 aromatic heterocycles. The van der Waals surface area contributed by atoms with Gasteiger partial charge in [0.15, 0.2) is 0 Å². The summed E-state index contributed by atoms with van der Waals surface area (Å²) in [6.45, 7) is 1.04. The summed E-state index contributed by atoms with van der Waals surface area (Å²) in [6.07, 6.45) is 3.56. The van der Waals surface area contributed by atoms with Crippen molar-refractivity contribution in [3.63, 3.8) is 0 Å². The number of nitrogens with zero attached hydrogens (tertiary/aromatic N) is 1. The van der Waals surface area contributed by atoms with E-state index in [2.05, 4.69) is 5.32 Å². The Kier molecular flexibility index (Phi) is 2.88. The molecule has 1 saturated heterocycles. The minimum Gasteiger partial charge on any atom is -0.362 e. The first-order valence-corrected chi connectivity index (χ1v) is 4.22. The van der Waals surface area contributed by atoms with Gasteiger partial charge in [-0.3, -0.25) is 5.41 Å². The van der Waals surface area contributed by atoms with Crippen molar-refractivity contribution in [2.24, 2.45) is 0 Å². The number of nitrogens with one attached hydrogen (secondary N) is 2. The molecule has 2 N–H and O–H groups in total. The average Bonchev–Trinajstić information content (AvgIpc) is 2.16. The molecule has 0 amide bonds. The van der Waals surface area contributed by atoms with Crippen LogP contribution in [0.4, 0.5) is 0 Å². The molecule has 0 bridgehead atoms. The lowest BCUT2D eigenvalue weighted by molar-refractivity contribution is 0.487. The number of hydrogen-bond donors (Lipinski definition) is 2. The van der Waals surface area contributed by atoms with Crippen LogP contribution in [0.15, 0.2) is 0 Å². The Morgan fingerprint density at radius 2 is 2.27 bits per heavy atom. The van der Waals surface area contributed by atoms with Crippen LogP contribution in [0.1, 0.15) is 19.3 Å². The smallest absolute Gasteiger partial charge is 0.113 e. The molecule has 0 aliphatic carbocycles. The van der Waals surface area contributed by atoms with Crippen molar-refractivity contribution >= 4 is 5.84 Å². The predicted molar refractivity (Wildman–Crippen MR) is 47.1 cm³/mol. The summed E-state index contributed by atoms with van der Waals surface area (Å²) in [7, 11) is 3.93. The maximum atomic E-state index is 7.76. The first kappa shape index (κ1) is 8.53. The van der Waals surface area contributed by atoms with Crippen molar-refractivity contribution in [3.8, 4) is 0 Å². The van der Waals surface area contributed by atoms with Gasteiger partial charge in [0.2, 0.25) is 0 Å². The third-order valence-electron chi connectivity index (χ3n) is 2.33. The monoisotopic (exact) mass is 155 g/mol. The predicted octanol–water partition coefficient (Wildman–Crippen LogP) is 0.667. The van der Waals surface area contributed by atoms with Crippen LogP contribution in [-0.2, 0) is 0 Å². The summed E-state index contributed by atoms with van der Waals surface area (Å²) in [5, 5.41) is 10.9. The second-order valence-corrected chi connectivity index (χ2v) is 3.14. The molecule has 1 atom stereocenters. The molecule has 64 valence electrons. The van der Waals surface area contributed by atoms with Gasteiger partial charge in [-0.2, -0.15) is 0 Å². The van der Waals surface area contributed by atoms with Gasteiger partial charge in [-0.15, -0.1) is 0 Å². The van der Waals surface area contributed by atoms with Crippen LogP contribution in [0.2, 0.25) is 0 Å². The maximum Gasteiger partial charge on any atom is 0.113 e. The summed E-state index contributed by atoms with van der Waals surface area (Å²) >= 11 is 0. The Labute approximate surface area is 68.3 Å². The van der Waals surface area contributed by atoms with Crippen molar-refractivity contribution in [1.29, 1.82) is 5.41 Å². The number of amidine groups is 1. The van der Waals surface area contributed by atoms with Crippen molar-refractivity contribution in [3.05, 3.63) is 0 Å². The van der Waals surface area contributed by atoms with Gasteiger partial charge in [0.25, 0.3) is 0 Å². The maximum absolute atomic E-state index is 7.76. The summed E-state index contributed by atoms with van der Waals surface area (Å²) < 4.78 is 0. The van der Waals surface area contributed by atoms with Crippen LogP contribution in [0.25, 0.3) is 0 Å². The van der Waals surface area contributed by atoms with Gasteiger partial charge < -0.3 is 10.2 Å². The quantitative estimate of drug-likeness (QED) is 0.584. The molecule has 0 spiro atoms. The lowest BCUT2D eigenvalue weighted by atomic mass is 10.1. The SMILES string of the molecule is CNC1CCCCN(C)C1=N. The van der Waals surface area contributed by atoms with Gasteiger partial charge in [0.1, 0.15) is 5.84 Å². The molecule has 1 rings (SSSR count). The third-order valence-corrected chi connectivity index (χ3v) is 2.33. The van der Waals surface area contributed by atoms with Gasteiger partial charge in [-0.25, -0.2) is 0 Å². The molecule has 0 aromatic carbocycles. The van der Waals surface area contributed by atoms with Crippen molar-refractivity contribution < 1.29 is 0 Å². The van der Waals surface area contributed by atoms with E-state index in [0.717, 1.165) is 18.8 Å². The Bertz CT molecular complexity index is 144. The Balaban J connectivity index is 2.56.